The fourth-order valence-electron chi connectivity index (χ4n) is 1.72. The molecule has 0 spiro atoms. The molecule has 0 fully saturated rings. The first-order chi connectivity index (χ1) is 8.69. The molecule has 2 aromatic rings. The van der Waals surface area contributed by atoms with E-state index in [0.29, 0.717) is 6.42 Å². The molecule has 0 aliphatic carbocycles. The highest BCUT2D eigenvalue weighted by Crippen LogP contribution is 2.21. The maximum absolute atomic E-state index is 8.60. The van der Waals surface area contributed by atoms with Crippen molar-refractivity contribution in [3.63, 3.8) is 0 Å². The second-order valence-electron chi connectivity index (χ2n) is 4.23. The summed E-state index contributed by atoms with van der Waals surface area (Å²) < 4.78 is 0. The second kappa shape index (κ2) is 5.24. The molecule has 3 N–H and O–H groups in total. The van der Waals surface area contributed by atoms with Gasteiger partial charge in [-0.25, -0.2) is 0 Å². The summed E-state index contributed by atoms with van der Waals surface area (Å²) in [5, 5.41) is 11.9. The van der Waals surface area contributed by atoms with Crippen LogP contribution in [0, 0.1) is 18.3 Å². The molecule has 0 saturated heterocycles. The van der Waals surface area contributed by atoms with Crippen LogP contribution in [-0.4, -0.2) is 0 Å². The van der Waals surface area contributed by atoms with E-state index >= 15 is 0 Å². The molecule has 18 heavy (non-hydrogen) atoms. The Morgan fingerprint density at radius 3 is 2.39 bits per heavy atom. The maximum Gasteiger partial charge on any atom is 0.0669 e. The first kappa shape index (κ1) is 12.0. The summed E-state index contributed by atoms with van der Waals surface area (Å²) in [6.07, 6.45) is 0.446. The predicted octanol–water partition coefficient (Wildman–Crippen LogP) is 3.39. The summed E-state index contributed by atoms with van der Waals surface area (Å²) in [7, 11) is 0. The SMILES string of the molecule is Cc1cc(Nc2ccc(CC#N)cc2)ccc1N. The molecule has 0 saturated carbocycles. The molecule has 0 bridgehead atoms. The van der Waals surface area contributed by atoms with E-state index in [0.717, 1.165) is 28.2 Å². The van der Waals surface area contributed by atoms with Gasteiger partial charge >= 0.3 is 0 Å². The normalized spacial score (nSPS) is 9.78. The number of hydrogen-bond acceptors (Lipinski definition) is 3. The Kier molecular flexibility index (Phi) is 3.49. The smallest absolute Gasteiger partial charge is 0.0669 e. The van der Waals surface area contributed by atoms with E-state index in [-0.39, 0.29) is 0 Å². The summed E-state index contributed by atoms with van der Waals surface area (Å²) in [6.45, 7) is 1.98. The molecular formula is C15H15N3. The molecule has 0 unspecified atom stereocenters. The van der Waals surface area contributed by atoms with Crippen molar-refractivity contribution in [2.45, 2.75) is 13.3 Å². The van der Waals surface area contributed by atoms with Crippen LogP contribution in [0.4, 0.5) is 17.1 Å². The number of nitriles is 1. The first-order valence-corrected chi connectivity index (χ1v) is 5.78. The number of nitrogen functional groups attached to an aromatic ring is 1. The van der Waals surface area contributed by atoms with Gasteiger partial charge in [0.15, 0.2) is 0 Å². The van der Waals surface area contributed by atoms with Crippen LogP contribution in [-0.2, 0) is 6.42 Å². The Morgan fingerprint density at radius 1 is 1.11 bits per heavy atom. The minimum atomic E-state index is 0.446. The molecule has 3 nitrogen and oxygen atoms in total. The number of rotatable bonds is 3. The van der Waals surface area contributed by atoms with Crippen LogP contribution in [0.15, 0.2) is 42.5 Å². The van der Waals surface area contributed by atoms with Crippen molar-refractivity contribution in [3.05, 3.63) is 53.6 Å². The van der Waals surface area contributed by atoms with Crippen molar-refractivity contribution in [1.29, 1.82) is 5.26 Å². The zero-order valence-electron chi connectivity index (χ0n) is 10.3. The standard InChI is InChI=1S/C15H15N3/c1-11-10-14(6-7-15(11)17)18-13-4-2-12(3-5-13)8-9-16/h2-7,10,18H,8,17H2,1H3. The Balaban J connectivity index is 2.13. The monoisotopic (exact) mass is 237 g/mol. The lowest BCUT2D eigenvalue weighted by atomic mass is 10.1. The number of nitrogens with zero attached hydrogens (tertiary/aromatic N) is 1. The molecule has 0 heterocycles. The summed E-state index contributed by atoms with van der Waals surface area (Å²) in [5.41, 5.74) is 10.7. The van der Waals surface area contributed by atoms with E-state index in [1.165, 1.54) is 0 Å². The highest BCUT2D eigenvalue weighted by Gasteiger charge is 1.98. The van der Waals surface area contributed by atoms with Gasteiger partial charge < -0.3 is 11.1 Å². The second-order valence-corrected chi connectivity index (χ2v) is 4.23. The van der Waals surface area contributed by atoms with Gasteiger partial charge in [-0.3, -0.25) is 0 Å². The largest absolute Gasteiger partial charge is 0.399 e. The van der Waals surface area contributed by atoms with E-state index in [2.05, 4.69) is 11.4 Å². The fourth-order valence-corrected chi connectivity index (χ4v) is 1.72. The van der Waals surface area contributed by atoms with Crippen molar-refractivity contribution in [1.82, 2.24) is 0 Å². The van der Waals surface area contributed by atoms with Gasteiger partial charge in [-0.2, -0.15) is 5.26 Å². The zero-order valence-corrected chi connectivity index (χ0v) is 10.3. The van der Waals surface area contributed by atoms with Crippen LogP contribution in [0.5, 0.6) is 0 Å². The van der Waals surface area contributed by atoms with E-state index in [1.54, 1.807) is 0 Å². The number of nitrogens with two attached hydrogens (primary N) is 1. The minimum Gasteiger partial charge on any atom is -0.399 e. The van der Waals surface area contributed by atoms with Crippen LogP contribution in [0.3, 0.4) is 0 Å². The summed E-state index contributed by atoms with van der Waals surface area (Å²) in [6, 6.07) is 15.8. The molecule has 0 aliphatic heterocycles. The van der Waals surface area contributed by atoms with Gasteiger partial charge in [0.2, 0.25) is 0 Å². The molecular weight excluding hydrogens is 222 g/mol. The van der Waals surface area contributed by atoms with Crippen molar-refractivity contribution in [2.75, 3.05) is 11.1 Å². The predicted molar refractivity (Wildman–Crippen MR) is 74.6 cm³/mol. The number of hydrogen-bond donors (Lipinski definition) is 2. The third-order valence-corrected chi connectivity index (χ3v) is 2.80. The molecule has 90 valence electrons. The summed E-state index contributed by atoms with van der Waals surface area (Å²) in [4.78, 5) is 0. The van der Waals surface area contributed by atoms with E-state index in [1.807, 2.05) is 49.4 Å². The number of benzene rings is 2. The Labute approximate surface area is 107 Å². The maximum atomic E-state index is 8.60. The summed E-state index contributed by atoms with van der Waals surface area (Å²) >= 11 is 0. The van der Waals surface area contributed by atoms with Crippen molar-refractivity contribution in [2.24, 2.45) is 0 Å². The van der Waals surface area contributed by atoms with Crippen LogP contribution < -0.4 is 11.1 Å². The van der Waals surface area contributed by atoms with Crippen molar-refractivity contribution in [3.8, 4) is 6.07 Å². The third-order valence-electron chi connectivity index (χ3n) is 2.80. The van der Waals surface area contributed by atoms with Crippen LogP contribution in [0.1, 0.15) is 11.1 Å². The lowest BCUT2D eigenvalue weighted by Gasteiger charge is -2.09. The van der Waals surface area contributed by atoms with Crippen molar-refractivity contribution < 1.29 is 0 Å². The van der Waals surface area contributed by atoms with Crippen LogP contribution in [0.25, 0.3) is 0 Å². The molecule has 0 aliphatic rings. The van der Waals surface area contributed by atoms with Gasteiger partial charge in [-0.1, -0.05) is 12.1 Å². The number of nitrogens with one attached hydrogen (secondary N) is 1. The fraction of sp³-hybridized carbons (Fsp3) is 0.133. The highest BCUT2D eigenvalue weighted by molar-refractivity contribution is 5.64. The lowest BCUT2D eigenvalue weighted by Crippen LogP contribution is -1.94. The van der Waals surface area contributed by atoms with Crippen LogP contribution in [0.2, 0.25) is 0 Å². The van der Waals surface area contributed by atoms with Gasteiger partial charge in [-0.05, 0) is 48.4 Å². The van der Waals surface area contributed by atoms with Gasteiger partial charge in [0, 0.05) is 17.1 Å². The van der Waals surface area contributed by atoms with E-state index < -0.39 is 0 Å². The molecule has 2 rings (SSSR count). The topological polar surface area (TPSA) is 61.8 Å². The van der Waals surface area contributed by atoms with Gasteiger partial charge in [0.25, 0.3) is 0 Å². The van der Waals surface area contributed by atoms with Gasteiger partial charge in [0.1, 0.15) is 0 Å². The Bertz CT molecular complexity index is 580. The minimum absolute atomic E-state index is 0.446. The molecule has 0 amide bonds. The quantitative estimate of drug-likeness (QED) is 0.804. The van der Waals surface area contributed by atoms with E-state index in [4.69, 9.17) is 11.0 Å². The van der Waals surface area contributed by atoms with Crippen molar-refractivity contribution >= 4 is 17.1 Å². The highest BCUT2D eigenvalue weighted by atomic mass is 14.9. The molecule has 0 atom stereocenters. The van der Waals surface area contributed by atoms with Gasteiger partial charge in [0.05, 0.1) is 12.5 Å². The summed E-state index contributed by atoms with van der Waals surface area (Å²) in [5.74, 6) is 0. The lowest BCUT2D eigenvalue weighted by molar-refractivity contribution is 1.26. The third kappa shape index (κ3) is 2.80. The molecule has 0 radical (unpaired) electrons. The van der Waals surface area contributed by atoms with E-state index in [9.17, 15) is 0 Å². The Morgan fingerprint density at radius 2 is 1.78 bits per heavy atom. The molecule has 3 heteroatoms. The van der Waals surface area contributed by atoms with Crippen LogP contribution >= 0.6 is 0 Å². The van der Waals surface area contributed by atoms with Gasteiger partial charge in [-0.15, -0.1) is 0 Å². The number of anilines is 3. The number of aryl methyl sites for hydroxylation is 1. The molecule has 2 aromatic carbocycles. The first-order valence-electron chi connectivity index (χ1n) is 5.78. The Hall–Kier alpha value is -2.47. The average Bonchev–Trinajstić information content (AvgIpc) is 2.37. The molecule has 0 aromatic heterocycles. The average molecular weight is 237 g/mol. The zero-order chi connectivity index (χ0) is 13.0.